The van der Waals surface area contributed by atoms with Crippen molar-refractivity contribution in [2.45, 2.75) is 13.5 Å². The van der Waals surface area contributed by atoms with Crippen LogP contribution in [0.1, 0.15) is 11.3 Å². The fourth-order valence-corrected chi connectivity index (χ4v) is 3.06. The van der Waals surface area contributed by atoms with E-state index in [-0.39, 0.29) is 0 Å². The van der Waals surface area contributed by atoms with Crippen LogP contribution in [0, 0.1) is 6.92 Å². The number of aryl methyl sites for hydroxylation is 2. The van der Waals surface area contributed by atoms with Gasteiger partial charge in [-0.25, -0.2) is 0 Å². The summed E-state index contributed by atoms with van der Waals surface area (Å²) in [5.74, 6) is 0. The number of nitrogens with zero attached hydrogens (tertiary/aromatic N) is 2. The molecule has 0 aliphatic rings. The van der Waals surface area contributed by atoms with Gasteiger partial charge >= 0.3 is 0 Å². The highest BCUT2D eigenvalue weighted by atomic mass is 32.1. The van der Waals surface area contributed by atoms with E-state index in [0.29, 0.717) is 0 Å². The van der Waals surface area contributed by atoms with E-state index < -0.39 is 0 Å². The summed E-state index contributed by atoms with van der Waals surface area (Å²) in [6.45, 7) is 2.84. The number of benzene rings is 1. The number of para-hydroxylation sites is 1. The number of nitrogens with one attached hydrogen (secondary N) is 1. The molecule has 0 aliphatic carbocycles. The first kappa shape index (κ1) is 12.9. The molecule has 0 fully saturated rings. The van der Waals surface area contributed by atoms with Crippen LogP contribution in [-0.2, 0) is 13.6 Å². The molecular weight excluding hydrogens is 266 g/mol. The maximum Gasteiger partial charge on any atom is 0.0643 e. The van der Waals surface area contributed by atoms with Crippen molar-refractivity contribution in [1.82, 2.24) is 9.78 Å². The van der Waals surface area contributed by atoms with Crippen LogP contribution < -0.4 is 5.32 Å². The first-order valence-electron chi connectivity index (χ1n) is 6.60. The van der Waals surface area contributed by atoms with Gasteiger partial charge in [-0.2, -0.15) is 5.10 Å². The van der Waals surface area contributed by atoms with Gasteiger partial charge in [0.05, 0.1) is 5.69 Å². The summed E-state index contributed by atoms with van der Waals surface area (Å²) in [5, 5.41) is 10.0. The van der Waals surface area contributed by atoms with Crippen molar-refractivity contribution in [1.29, 1.82) is 0 Å². The van der Waals surface area contributed by atoms with Crippen molar-refractivity contribution in [3.63, 3.8) is 0 Å². The Bertz CT molecular complexity index is 698. The summed E-state index contributed by atoms with van der Waals surface area (Å²) in [7, 11) is 1.95. The largest absolute Gasteiger partial charge is 0.380 e. The van der Waals surface area contributed by atoms with Gasteiger partial charge in [-0.15, -0.1) is 11.3 Å². The van der Waals surface area contributed by atoms with E-state index in [1.54, 1.807) is 11.3 Å². The van der Waals surface area contributed by atoms with Gasteiger partial charge in [-0.3, -0.25) is 4.68 Å². The predicted molar refractivity (Wildman–Crippen MR) is 85.0 cm³/mol. The fraction of sp³-hybridized carbons (Fsp3) is 0.188. The molecule has 2 aromatic heterocycles. The monoisotopic (exact) mass is 283 g/mol. The van der Waals surface area contributed by atoms with Crippen molar-refractivity contribution in [2.75, 3.05) is 5.32 Å². The third-order valence-electron chi connectivity index (χ3n) is 3.30. The number of rotatable bonds is 4. The van der Waals surface area contributed by atoms with Crippen LogP contribution in [0.25, 0.3) is 10.4 Å². The number of thiophene rings is 1. The van der Waals surface area contributed by atoms with Crippen LogP contribution in [0.2, 0.25) is 0 Å². The molecule has 0 radical (unpaired) electrons. The maximum absolute atomic E-state index is 4.37. The zero-order chi connectivity index (χ0) is 13.9. The van der Waals surface area contributed by atoms with Crippen molar-refractivity contribution in [3.8, 4) is 10.4 Å². The van der Waals surface area contributed by atoms with E-state index in [1.807, 2.05) is 18.7 Å². The molecule has 0 saturated carbocycles. The van der Waals surface area contributed by atoms with Gasteiger partial charge in [0.2, 0.25) is 0 Å². The van der Waals surface area contributed by atoms with Crippen LogP contribution in [-0.4, -0.2) is 9.78 Å². The Kier molecular flexibility index (Phi) is 3.56. The molecular formula is C16H17N3S. The normalized spacial score (nSPS) is 10.7. The Labute approximate surface area is 122 Å². The Morgan fingerprint density at radius 3 is 2.75 bits per heavy atom. The summed E-state index contributed by atoms with van der Waals surface area (Å²) in [4.78, 5) is 1.29. The number of hydrogen-bond acceptors (Lipinski definition) is 3. The van der Waals surface area contributed by atoms with Crippen molar-refractivity contribution in [2.24, 2.45) is 7.05 Å². The van der Waals surface area contributed by atoms with Gasteiger partial charge in [0.1, 0.15) is 0 Å². The first-order valence-corrected chi connectivity index (χ1v) is 7.48. The van der Waals surface area contributed by atoms with E-state index in [9.17, 15) is 0 Å². The van der Waals surface area contributed by atoms with Crippen LogP contribution in [0.4, 0.5) is 5.69 Å². The predicted octanol–water partition coefficient (Wildman–Crippen LogP) is 4.07. The van der Waals surface area contributed by atoms with Gasteiger partial charge in [-0.05, 0) is 24.4 Å². The molecule has 0 aliphatic heterocycles. The van der Waals surface area contributed by atoms with E-state index in [4.69, 9.17) is 0 Å². The highest BCUT2D eigenvalue weighted by Crippen LogP contribution is 2.31. The average Bonchev–Trinajstić information content (AvgIpc) is 3.07. The van der Waals surface area contributed by atoms with E-state index >= 15 is 0 Å². The molecule has 3 aromatic rings. The summed E-state index contributed by atoms with van der Waals surface area (Å²) in [6, 6.07) is 12.7. The molecule has 0 bridgehead atoms. The molecule has 3 nitrogen and oxygen atoms in total. The standard InChI is InChI=1S/C16H17N3S/c1-12-13(11-19(2)18-12)10-17-15-7-4-3-6-14(15)16-8-5-9-20-16/h3-9,11,17H,10H2,1-2H3. The Morgan fingerprint density at radius 2 is 2.05 bits per heavy atom. The molecule has 0 amide bonds. The third kappa shape index (κ3) is 2.60. The number of aromatic nitrogens is 2. The molecule has 4 heteroatoms. The Hall–Kier alpha value is -2.07. The molecule has 0 unspecified atom stereocenters. The van der Waals surface area contributed by atoms with Gasteiger partial charge in [0.15, 0.2) is 0 Å². The minimum Gasteiger partial charge on any atom is -0.380 e. The first-order chi connectivity index (χ1) is 9.74. The molecule has 0 saturated heterocycles. The SMILES string of the molecule is Cc1nn(C)cc1CNc1ccccc1-c1cccs1. The highest BCUT2D eigenvalue weighted by molar-refractivity contribution is 7.13. The summed E-state index contributed by atoms with van der Waals surface area (Å²) >= 11 is 1.76. The van der Waals surface area contributed by atoms with Crippen molar-refractivity contribution < 1.29 is 0 Å². The lowest BCUT2D eigenvalue weighted by Crippen LogP contribution is -2.01. The molecule has 2 heterocycles. The summed E-state index contributed by atoms with van der Waals surface area (Å²) in [5.41, 5.74) is 4.73. The fourth-order valence-electron chi connectivity index (χ4n) is 2.30. The highest BCUT2D eigenvalue weighted by Gasteiger charge is 2.07. The Balaban J connectivity index is 1.83. The molecule has 0 atom stereocenters. The second kappa shape index (κ2) is 5.51. The van der Waals surface area contributed by atoms with E-state index in [2.05, 4.69) is 58.4 Å². The van der Waals surface area contributed by atoms with Crippen LogP contribution in [0.5, 0.6) is 0 Å². The van der Waals surface area contributed by atoms with Crippen LogP contribution >= 0.6 is 11.3 Å². The molecule has 1 aromatic carbocycles. The summed E-state index contributed by atoms with van der Waals surface area (Å²) < 4.78 is 1.86. The van der Waals surface area contributed by atoms with E-state index in [0.717, 1.165) is 12.2 Å². The van der Waals surface area contributed by atoms with Gasteiger partial charge < -0.3 is 5.32 Å². The van der Waals surface area contributed by atoms with Crippen LogP contribution in [0.3, 0.4) is 0 Å². The lowest BCUT2D eigenvalue weighted by Gasteiger charge is -2.10. The lowest BCUT2D eigenvalue weighted by molar-refractivity contribution is 0.756. The van der Waals surface area contributed by atoms with Gasteiger partial charge in [0.25, 0.3) is 0 Å². The molecule has 0 spiro atoms. The van der Waals surface area contributed by atoms with Gasteiger partial charge in [0, 0.05) is 41.5 Å². The molecule has 102 valence electrons. The summed E-state index contributed by atoms with van der Waals surface area (Å²) in [6.07, 6.45) is 2.07. The quantitative estimate of drug-likeness (QED) is 0.782. The maximum atomic E-state index is 4.37. The van der Waals surface area contributed by atoms with E-state index in [1.165, 1.54) is 21.7 Å². The second-order valence-electron chi connectivity index (χ2n) is 4.79. The van der Waals surface area contributed by atoms with Crippen LogP contribution in [0.15, 0.2) is 48.0 Å². The minimum atomic E-state index is 0.794. The van der Waals surface area contributed by atoms with Crippen molar-refractivity contribution in [3.05, 3.63) is 59.2 Å². The molecule has 20 heavy (non-hydrogen) atoms. The Morgan fingerprint density at radius 1 is 1.20 bits per heavy atom. The third-order valence-corrected chi connectivity index (χ3v) is 4.20. The molecule has 1 N–H and O–H groups in total. The number of hydrogen-bond donors (Lipinski definition) is 1. The van der Waals surface area contributed by atoms with Crippen molar-refractivity contribution >= 4 is 17.0 Å². The smallest absolute Gasteiger partial charge is 0.0643 e. The van der Waals surface area contributed by atoms with Gasteiger partial charge in [-0.1, -0.05) is 24.3 Å². The topological polar surface area (TPSA) is 29.9 Å². The number of anilines is 1. The zero-order valence-corrected chi connectivity index (χ0v) is 12.4. The average molecular weight is 283 g/mol. The zero-order valence-electron chi connectivity index (χ0n) is 11.6. The minimum absolute atomic E-state index is 0.794. The molecule has 3 rings (SSSR count). The lowest BCUT2D eigenvalue weighted by atomic mass is 10.1. The second-order valence-corrected chi connectivity index (χ2v) is 5.74.